The van der Waals surface area contributed by atoms with E-state index < -0.39 is 11.9 Å². The minimum Gasteiger partial charge on any atom is -0.478 e. The molecule has 11 heteroatoms. The minimum absolute atomic E-state index is 0. The van der Waals surface area contributed by atoms with Gasteiger partial charge in [0, 0.05) is 29.2 Å². The van der Waals surface area contributed by atoms with Crippen LogP contribution in [0.25, 0.3) is 0 Å². The third-order valence-corrected chi connectivity index (χ3v) is 0.368. The Bertz CT molecular complexity index is 128. The average molecular weight is 280 g/mol. The van der Waals surface area contributed by atoms with E-state index in [0.29, 0.717) is 12.2 Å². The summed E-state index contributed by atoms with van der Waals surface area (Å²) in [7, 11) is 0. The molecule has 0 aliphatic rings. The van der Waals surface area contributed by atoms with Crippen LogP contribution in [0, 0.1) is 0 Å². The number of hydrogen-bond donors (Lipinski definition) is 2. The second-order valence-electron chi connectivity index (χ2n) is 1.01. The first kappa shape index (κ1) is 66.0. The predicted molar refractivity (Wildman–Crippen MR) is 46.1 cm³/mol. The first-order valence-electron chi connectivity index (χ1n) is 1.77. The van der Waals surface area contributed by atoms with Gasteiger partial charge in [-0.25, -0.2) is 9.59 Å². The molecule has 0 rings (SSSR count). The number of carbonyl (C=O) groups is 2. The van der Waals surface area contributed by atoms with Crippen molar-refractivity contribution in [2.75, 3.05) is 0 Å². The van der Waals surface area contributed by atoms with E-state index in [1.165, 1.54) is 0 Å². The van der Waals surface area contributed by atoms with Crippen molar-refractivity contribution in [3.05, 3.63) is 12.2 Å². The summed E-state index contributed by atoms with van der Waals surface area (Å²) in [4.78, 5) is 19.1. The van der Waals surface area contributed by atoms with Gasteiger partial charge in [-0.1, -0.05) is 0 Å². The van der Waals surface area contributed by atoms with Crippen LogP contribution in [0.4, 0.5) is 0 Å². The van der Waals surface area contributed by atoms with Crippen molar-refractivity contribution < 1.29 is 69.7 Å². The molecule has 10 nitrogen and oxygen atoms in total. The average Bonchev–Trinajstić information content (AvgIpc) is 1.61. The van der Waals surface area contributed by atoms with Crippen molar-refractivity contribution in [2.45, 2.75) is 0 Å². The van der Waals surface area contributed by atoms with Gasteiger partial charge in [-0.05, 0) is 0 Å². The molecule has 100 valence electrons. The molecule has 0 aromatic carbocycles. The third kappa shape index (κ3) is 99.3. The van der Waals surface area contributed by atoms with E-state index in [1.807, 2.05) is 0 Å². The Hall–Kier alpha value is -1.04. The molecule has 0 heterocycles. The van der Waals surface area contributed by atoms with E-state index in [4.69, 9.17) is 10.2 Å². The van der Waals surface area contributed by atoms with Gasteiger partial charge in [0.05, 0.1) is 0 Å². The molecule has 14 N–H and O–H groups in total. The zero-order valence-electron chi connectivity index (χ0n) is 7.22. The Morgan fingerprint density at radius 2 is 0.800 bits per heavy atom. The molecule has 0 spiro atoms. The van der Waals surface area contributed by atoms with Crippen molar-refractivity contribution in [3.8, 4) is 0 Å². The number of rotatable bonds is 2. The Kier molecular flexibility index (Phi) is 168. The quantitative estimate of drug-likeness (QED) is 0.370. The van der Waals surface area contributed by atoms with Gasteiger partial charge in [0.1, 0.15) is 0 Å². The molecule has 0 saturated carbocycles. The van der Waals surface area contributed by atoms with Crippen LogP contribution >= 0.6 is 0 Å². The minimum atomic E-state index is -1.26. The van der Waals surface area contributed by atoms with E-state index in [9.17, 15) is 9.59 Å². The SMILES string of the molecule is O.O.O.O.O.O.O=C(O)/C=C/C(=O)O.[Fe]. The fraction of sp³-hybridized carbons (Fsp3) is 0. The zero-order chi connectivity index (χ0) is 6.57. The molecule has 0 aromatic rings. The number of carboxylic acids is 2. The Labute approximate surface area is 94.5 Å². The topological polar surface area (TPSA) is 264 Å². The van der Waals surface area contributed by atoms with Crippen molar-refractivity contribution in [3.63, 3.8) is 0 Å². The van der Waals surface area contributed by atoms with E-state index in [-0.39, 0.29) is 49.9 Å². The fourth-order valence-corrected chi connectivity index (χ4v) is 0.143. The largest absolute Gasteiger partial charge is 0.478 e. The third-order valence-electron chi connectivity index (χ3n) is 0.368. The molecule has 0 atom stereocenters. The van der Waals surface area contributed by atoms with Crippen LogP contribution in [0.15, 0.2) is 12.2 Å². The maximum atomic E-state index is 9.55. The van der Waals surface area contributed by atoms with Gasteiger partial charge in [-0.3, -0.25) is 0 Å². The standard InChI is InChI=1S/C4H4O4.Fe.6H2O/c5-3(6)1-2-4(7)8;;;;;;;/h1-2H,(H,5,6)(H,7,8);;6*1H2/b2-1+;;;;;;;. The van der Waals surface area contributed by atoms with Crippen molar-refractivity contribution in [1.82, 2.24) is 0 Å². The molecule has 0 aliphatic heterocycles. The monoisotopic (exact) mass is 280 g/mol. The van der Waals surface area contributed by atoms with E-state index in [1.54, 1.807) is 0 Å². The summed E-state index contributed by atoms with van der Waals surface area (Å²) in [6.45, 7) is 0. The van der Waals surface area contributed by atoms with Crippen molar-refractivity contribution >= 4 is 11.9 Å². The number of hydrogen-bond acceptors (Lipinski definition) is 2. The van der Waals surface area contributed by atoms with Gasteiger partial charge in [0.25, 0.3) is 0 Å². The van der Waals surface area contributed by atoms with Crippen LogP contribution in [-0.4, -0.2) is 55.0 Å². The maximum Gasteiger partial charge on any atom is 0.328 e. The van der Waals surface area contributed by atoms with Crippen LogP contribution in [0.5, 0.6) is 0 Å². The molecule has 0 fully saturated rings. The summed E-state index contributed by atoms with van der Waals surface area (Å²) < 4.78 is 0. The summed E-state index contributed by atoms with van der Waals surface area (Å²) in [6.07, 6.45) is 1.12. The molecule has 0 saturated heterocycles. The number of aliphatic carboxylic acids is 2. The summed E-state index contributed by atoms with van der Waals surface area (Å²) in [6, 6.07) is 0. The van der Waals surface area contributed by atoms with E-state index in [2.05, 4.69) is 0 Å². The van der Waals surface area contributed by atoms with Crippen molar-refractivity contribution in [1.29, 1.82) is 0 Å². The summed E-state index contributed by atoms with van der Waals surface area (Å²) in [5.41, 5.74) is 0. The summed E-state index contributed by atoms with van der Waals surface area (Å²) >= 11 is 0. The first-order chi connectivity index (χ1) is 3.63. The van der Waals surface area contributed by atoms with Crippen LogP contribution in [0.1, 0.15) is 0 Å². The van der Waals surface area contributed by atoms with Gasteiger partial charge in [-0.15, -0.1) is 0 Å². The van der Waals surface area contributed by atoms with Gasteiger partial charge in [-0.2, -0.15) is 0 Å². The predicted octanol–water partition coefficient (Wildman–Crippen LogP) is -5.24. The van der Waals surface area contributed by atoms with E-state index in [0.717, 1.165) is 0 Å². The van der Waals surface area contributed by atoms with Gasteiger partial charge >= 0.3 is 11.9 Å². The smallest absolute Gasteiger partial charge is 0.328 e. The van der Waals surface area contributed by atoms with Crippen LogP contribution in [-0.2, 0) is 26.7 Å². The summed E-state index contributed by atoms with van der Waals surface area (Å²) in [5.74, 6) is -2.51. The van der Waals surface area contributed by atoms with Gasteiger partial charge in [0.2, 0.25) is 0 Å². The molecule has 0 aromatic heterocycles. The van der Waals surface area contributed by atoms with Gasteiger partial charge in [0.15, 0.2) is 0 Å². The van der Waals surface area contributed by atoms with E-state index >= 15 is 0 Å². The van der Waals surface area contributed by atoms with Crippen LogP contribution in [0.2, 0.25) is 0 Å². The molecule has 0 radical (unpaired) electrons. The molecule has 0 unspecified atom stereocenters. The summed E-state index contributed by atoms with van der Waals surface area (Å²) in [5, 5.41) is 15.6. The molecular weight excluding hydrogens is 264 g/mol. The molecule has 0 amide bonds. The normalized spacial score (nSPS) is 5.07. The molecule has 0 aliphatic carbocycles. The Morgan fingerprint density at radius 1 is 0.667 bits per heavy atom. The first-order valence-corrected chi connectivity index (χ1v) is 1.77. The van der Waals surface area contributed by atoms with Crippen molar-refractivity contribution in [2.24, 2.45) is 0 Å². The van der Waals surface area contributed by atoms with Crippen LogP contribution < -0.4 is 0 Å². The second kappa shape index (κ2) is 38.3. The Balaban J connectivity index is -0.0000000117. The Morgan fingerprint density at radius 3 is 0.867 bits per heavy atom. The number of carboxylic acid groups (broad SMARTS) is 2. The zero-order valence-corrected chi connectivity index (χ0v) is 8.32. The molecular formula is C4H16FeO10. The fourth-order valence-electron chi connectivity index (χ4n) is 0.143. The van der Waals surface area contributed by atoms with Crippen LogP contribution in [0.3, 0.4) is 0 Å². The second-order valence-corrected chi connectivity index (χ2v) is 1.01. The maximum absolute atomic E-state index is 9.55. The molecule has 15 heavy (non-hydrogen) atoms. The van der Waals surface area contributed by atoms with Gasteiger partial charge < -0.3 is 43.1 Å². The molecule has 0 bridgehead atoms.